The van der Waals surface area contributed by atoms with Crippen LogP contribution in [0.25, 0.3) is 0 Å². The number of hydrogen-bond donors (Lipinski definition) is 3. The van der Waals surface area contributed by atoms with Gasteiger partial charge in [0.2, 0.25) is 5.91 Å². The Balaban J connectivity index is 2.94. The average Bonchev–Trinajstić information content (AvgIpc) is 2.32. The van der Waals surface area contributed by atoms with E-state index >= 15 is 0 Å². The maximum absolute atomic E-state index is 12.2. The predicted octanol–water partition coefficient (Wildman–Crippen LogP) is 2.90. The molecule has 1 aromatic rings. The fraction of sp³-hybridized carbons (Fsp3) is 0.333. The van der Waals surface area contributed by atoms with E-state index in [1.807, 2.05) is 13.8 Å². The highest BCUT2D eigenvalue weighted by molar-refractivity contribution is 14.1. The molecule has 0 aliphatic rings. The molecule has 104 valence electrons. The van der Waals surface area contributed by atoms with Gasteiger partial charge >= 0.3 is 0 Å². The molecule has 1 rings (SSSR count). The first kappa shape index (κ1) is 16.0. The lowest BCUT2D eigenvalue weighted by Crippen LogP contribution is -2.38. The van der Waals surface area contributed by atoms with E-state index in [9.17, 15) is 4.79 Å². The van der Waals surface area contributed by atoms with Gasteiger partial charge in [-0.3, -0.25) is 4.79 Å². The van der Waals surface area contributed by atoms with Crippen molar-refractivity contribution in [2.75, 3.05) is 5.32 Å². The zero-order valence-corrected chi connectivity index (χ0v) is 13.4. The summed E-state index contributed by atoms with van der Waals surface area (Å²) >= 11 is 7.93. The zero-order valence-electron chi connectivity index (χ0n) is 10.5. The number of amidine groups is 1. The minimum atomic E-state index is -0.684. The third kappa shape index (κ3) is 4.24. The topological polar surface area (TPSA) is 87.7 Å². The summed E-state index contributed by atoms with van der Waals surface area (Å²) in [6, 6.07) is 5.14. The van der Waals surface area contributed by atoms with Crippen LogP contribution in [0.5, 0.6) is 0 Å². The second kappa shape index (κ2) is 6.95. The third-order valence-electron chi connectivity index (χ3n) is 2.57. The lowest BCUT2D eigenvalue weighted by molar-refractivity contribution is -0.119. The number of halogens is 2. The lowest BCUT2D eigenvalue weighted by atomic mass is 9.94. The van der Waals surface area contributed by atoms with E-state index in [2.05, 4.69) is 33.1 Å². The minimum Gasteiger partial charge on any atom is -0.409 e. The minimum absolute atomic E-state index is 0.0825. The molecule has 0 bridgehead atoms. The molecule has 0 spiro atoms. The Morgan fingerprint density at radius 1 is 1.53 bits per heavy atom. The third-order valence-corrected chi connectivity index (χ3v) is 3.70. The molecule has 0 saturated carbocycles. The largest absolute Gasteiger partial charge is 0.409 e. The molecule has 1 atom stereocenters. The first-order chi connectivity index (χ1) is 8.86. The van der Waals surface area contributed by atoms with Gasteiger partial charge in [0.1, 0.15) is 5.92 Å². The van der Waals surface area contributed by atoms with Crippen molar-refractivity contribution in [2.24, 2.45) is 22.7 Å². The summed E-state index contributed by atoms with van der Waals surface area (Å²) in [5.41, 5.74) is 6.20. The van der Waals surface area contributed by atoms with Gasteiger partial charge in [0.25, 0.3) is 0 Å². The van der Waals surface area contributed by atoms with Gasteiger partial charge in [-0.2, -0.15) is 0 Å². The second-order valence-electron chi connectivity index (χ2n) is 4.36. The van der Waals surface area contributed by atoms with E-state index in [0.717, 1.165) is 3.57 Å². The number of nitrogens with two attached hydrogens (primary N) is 1. The quantitative estimate of drug-likeness (QED) is 0.241. The van der Waals surface area contributed by atoms with Crippen LogP contribution in [0.4, 0.5) is 5.69 Å². The Labute approximate surface area is 130 Å². The van der Waals surface area contributed by atoms with Crippen molar-refractivity contribution in [3.8, 4) is 0 Å². The van der Waals surface area contributed by atoms with Crippen molar-refractivity contribution < 1.29 is 10.0 Å². The summed E-state index contributed by atoms with van der Waals surface area (Å²) in [6.45, 7) is 3.66. The maximum atomic E-state index is 12.2. The molecule has 0 saturated heterocycles. The fourth-order valence-corrected chi connectivity index (χ4v) is 2.65. The molecular weight excluding hydrogens is 381 g/mol. The van der Waals surface area contributed by atoms with Crippen molar-refractivity contribution in [1.82, 2.24) is 0 Å². The molecule has 7 heteroatoms. The number of carbonyl (C=O) groups excluding carboxylic acids is 1. The first-order valence-electron chi connectivity index (χ1n) is 5.60. The molecule has 0 aromatic heterocycles. The Bertz CT molecular complexity index is 506. The lowest BCUT2D eigenvalue weighted by Gasteiger charge is -2.19. The molecule has 1 amide bonds. The van der Waals surface area contributed by atoms with Gasteiger partial charge in [-0.15, -0.1) is 0 Å². The van der Waals surface area contributed by atoms with E-state index in [1.54, 1.807) is 18.2 Å². The van der Waals surface area contributed by atoms with E-state index in [4.69, 9.17) is 22.5 Å². The van der Waals surface area contributed by atoms with Gasteiger partial charge in [0, 0.05) is 8.59 Å². The molecular formula is C12H15ClIN3O2. The number of rotatable bonds is 4. The number of anilines is 1. The van der Waals surface area contributed by atoms with Gasteiger partial charge in [-0.25, -0.2) is 0 Å². The molecule has 19 heavy (non-hydrogen) atoms. The molecule has 4 N–H and O–H groups in total. The first-order valence-corrected chi connectivity index (χ1v) is 7.05. The summed E-state index contributed by atoms with van der Waals surface area (Å²) in [7, 11) is 0. The van der Waals surface area contributed by atoms with Crippen LogP contribution in [0.15, 0.2) is 23.4 Å². The molecule has 1 unspecified atom stereocenters. The van der Waals surface area contributed by atoms with Crippen LogP contribution in [0.2, 0.25) is 5.02 Å². The smallest absolute Gasteiger partial charge is 0.235 e. The Morgan fingerprint density at radius 3 is 2.63 bits per heavy atom. The SMILES string of the molecule is CC(C)C(C(=O)Nc1ccc(Cl)cc1I)/C(N)=N/O. The van der Waals surface area contributed by atoms with Gasteiger partial charge in [-0.05, 0) is 46.7 Å². The maximum Gasteiger partial charge on any atom is 0.235 e. The fourth-order valence-electron chi connectivity index (χ4n) is 1.64. The summed E-state index contributed by atoms with van der Waals surface area (Å²) in [4.78, 5) is 12.2. The average molecular weight is 396 g/mol. The number of benzene rings is 1. The number of hydrogen-bond acceptors (Lipinski definition) is 3. The van der Waals surface area contributed by atoms with E-state index in [-0.39, 0.29) is 17.7 Å². The van der Waals surface area contributed by atoms with Crippen LogP contribution in [0, 0.1) is 15.4 Å². The standard InChI is InChI=1S/C12H15ClIN3O2/c1-6(2)10(11(15)17-19)12(18)16-9-4-3-7(13)5-8(9)14/h3-6,10,19H,1-2H3,(H2,15,17)(H,16,18). The highest BCUT2D eigenvalue weighted by atomic mass is 127. The zero-order chi connectivity index (χ0) is 14.6. The number of carbonyl (C=O) groups is 1. The predicted molar refractivity (Wildman–Crippen MR) is 84.5 cm³/mol. The van der Waals surface area contributed by atoms with Crippen molar-refractivity contribution in [3.05, 3.63) is 26.8 Å². The number of nitrogens with one attached hydrogen (secondary N) is 1. The Kier molecular flexibility index (Phi) is 5.86. The van der Waals surface area contributed by atoms with Crippen LogP contribution in [0.3, 0.4) is 0 Å². The Morgan fingerprint density at radius 2 is 2.16 bits per heavy atom. The summed E-state index contributed by atoms with van der Waals surface area (Å²) < 4.78 is 0.820. The van der Waals surface area contributed by atoms with Crippen molar-refractivity contribution in [1.29, 1.82) is 0 Å². The summed E-state index contributed by atoms with van der Waals surface area (Å²) in [6.07, 6.45) is 0. The van der Waals surface area contributed by atoms with Crippen LogP contribution in [0.1, 0.15) is 13.8 Å². The van der Waals surface area contributed by atoms with E-state index < -0.39 is 5.92 Å². The number of oxime groups is 1. The van der Waals surface area contributed by atoms with E-state index in [0.29, 0.717) is 10.7 Å². The van der Waals surface area contributed by atoms with Gasteiger partial charge in [0.15, 0.2) is 5.84 Å². The molecule has 0 fully saturated rings. The van der Waals surface area contributed by atoms with Crippen LogP contribution < -0.4 is 11.1 Å². The highest BCUT2D eigenvalue weighted by Crippen LogP contribution is 2.23. The van der Waals surface area contributed by atoms with Crippen LogP contribution >= 0.6 is 34.2 Å². The van der Waals surface area contributed by atoms with Crippen molar-refractivity contribution in [2.45, 2.75) is 13.8 Å². The summed E-state index contributed by atoms with van der Waals surface area (Å²) in [5, 5.41) is 15.0. The highest BCUT2D eigenvalue weighted by Gasteiger charge is 2.27. The normalized spacial score (nSPS) is 13.4. The van der Waals surface area contributed by atoms with Gasteiger partial charge < -0.3 is 16.3 Å². The molecule has 0 aliphatic heterocycles. The van der Waals surface area contributed by atoms with E-state index in [1.165, 1.54) is 0 Å². The molecule has 5 nitrogen and oxygen atoms in total. The van der Waals surface area contributed by atoms with Crippen LogP contribution in [-0.2, 0) is 4.79 Å². The number of nitrogens with zero attached hydrogens (tertiary/aromatic N) is 1. The second-order valence-corrected chi connectivity index (χ2v) is 5.96. The molecule has 0 heterocycles. The van der Waals surface area contributed by atoms with Crippen molar-refractivity contribution in [3.63, 3.8) is 0 Å². The van der Waals surface area contributed by atoms with Crippen molar-refractivity contribution >= 4 is 51.6 Å². The molecule has 1 aromatic carbocycles. The van der Waals surface area contributed by atoms with Gasteiger partial charge in [-0.1, -0.05) is 30.6 Å². The van der Waals surface area contributed by atoms with Crippen LogP contribution in [-0.4, -0.2) is 17.0 Å². The van der Waals surface area contributed by atoms with Gasteiger partial charge in [0.05, 0.1) is 5.69 Å². The molecule has 0 radical (unpaired) electrons. The molecule has 0 aliphatic carbocycles. The monoisotopic (exact) mass is 395 g/mol. The summed E-state index contributed by atoms with van der Waals surface area (Å²) in [5.74, 6) is -1.18. The Hall–Kier alpha value is -1.02. The number of amides is 1.